The number of halogens is 1. The van der Waals surface area contributed by atoms with E-state index in [0.29, 0.717) is 17.4 Å². The molecule has 0 spiro atoms. The van der Waals surface area contributed by atoms with Gasteiger partial charge < -0.3 is 5.11 Å². The summed E-state index contributed by atoms with van der Waals surface area (Å²) in [4.78, 5) is 6.15. The van der Waals surface area contributed by atoms with Gasteiger partial charge in [-0.05, 0) is 47.2 Å². The van der Waals surface area contributed by atoms with Gasteiger partial charge in [0, 0.05) is 48.6 Å². The Hall–Kier alpha value is -1.60. The second kappa shape index (κ2) is 8.64. The molecule has 0 amide bonds. The molecule has 29 heavy (non-hydrogen) atoms. The van der Waals surface area contributed by atoms with Gasteiger partial charge in [-0.2, -0.15) is 0 Å². The van der Waals surface area contributed by atoms with Gasteiger partial charge in [0.25, 0.3) is 0 Å². The van der Waals surface area contributed by atoms with Crippen LogP contribution in [0.5, 0.6) is 0 Å². The van der Waals surface area contributed by atoms with E-state index >= 15 is 0 Å². The molecule has 2 heterocycles. The summed E-state index contributed by atoms with van der Waals surface area (Å²) in [5.41, 5.74) is 3.32. The molecule has 156 valence electrons. The second-order valence-electron chi connectivity index (χ2n) is 8.29. The number of fused-ring (bicyclic) bond motifs is 2. The molecule has 2 aliphatic rings. The van der Waals surface area contributed by atoms with Gasteiger partial charge in [0.1, 0.15) is 5.82 Å². The van der Waals surface area contributed by atoms with E-state index in [9.17, 15) is 13.7 Å². The standard InChI is InChI=1S/C23H29FN2O2S/c1-16(2)17-4-6-22-20(13-17)21(26-9-7-25(8-10-26)11-12-27)14-18-3-5-19(24)15-23(18)29(22)28/h3-6,13,15-16,21,27H,7-12,14H2,1-2H3/t21-,29?/m0/s1. The Labute approximate surface area is 174 Å². The smallest absolute Gasteiger partial charge is 0.124 e. The summed E-state index contributed by atoms with van der Waals surface area (Å²) in [6.45, 7) is 8.86. The molecule has 0 radical (unpaired) electrons. The minimum Gasteiger partial charge on any atom is -0.395 e. The molecule has 1 unspecified atom stereocenters. The van der Waals surface area contributed by atoms with Crippen molar-refractivity contribution >= 4 is 10.8 Å². The van der Waals surface area contributed by atoms with Crippen LogP contribution < -0.4 is 0 Å². The third-order valence-electron chi connectivity index (χ3n) is 6.17. The van der Waals surface area contributed by atoms with Crippen LogP contribution in [-0.4, -0.2) is 58.4 Å². The summed E-state index contributed by atoms with van der Waals surface area (Å²) in [7, 11) is -1.38. The first-order chi connectivity index (χ1) is 14.0. The lowest BCUT2D eigenvalue weighted by Gasteiger charge is -2.39. The van der Waals surface area contributed by atoms with E-state index in [2.05, 4.69) is 35.8 Å². The Morgan fingerprint density at radius 2 is 1.86 bits per heavy atom. The zero-order chi connectivity index (χ0) is 20.5. The van der Waals surface area contributed by atoms with E-state index in [-0.39, 0.29) is 18.5 Å². The van der Waals surface area contributed by atoms with Gasteiger partial charge in [-0.25, -0.2) is 8.60 Å². The van der Waals surface area contributed by atoms with Crippen LogP contribution in [0.15, 0.2) is 46.2 Å². The van der Waals surface area contributed by atoms with Crippen LogP contribution >= 0.6 is 0 Å². The van der Waals surface area contributed by atoms with E-state index < -0.39 is 10.8 Å². The quantitative estimate of drug-likeness (QED) is 0.831. The highest BCUT2D eigenvalue weighted by Gasteiger charge is 2.32. The van der Waals surface area contributed by atoms with Crippen LogP contribution in [0.4, 0.5) is 4.39 Å². The number of aliphatic hydroxyl groups excluding tert-OH is 1. The van der Waals surface area contributed by atoms with Crippen molar-refractivity contribution in [1.82, 2.24) is 9.80 Å². The van der Waals surface area contributed by atoms with Gasteiger partial charge in [-0.3, -0.25) is 9.80 Å². The Morgan fingerprint density at radius 1 is 1.10 bits per heavy atom. The molecule has 4 rings (SSSR count). The van der Waals surface area contributed by atoms with Crippen LogP contribution in [0.2, 0.25) is 0 Å². The van der Waals surface area contributed by atoms with Gasteiger partial charge in [-0.1, -0.05) is 32.0 Å². The van der Waals surface area contributed by atoms with E-state index in [1.165, 1.54) is 17.7 Å². The zero-order valence-electron chi connectivity index (χ0n) is 17.1. The Kier molecular flexibility index (Phi) is 6.16. The predicted octanol–water partition coefficient (Wildman–Crippen LogP) is 3.32. The molecule has 2 aromatic rings. The molecule has 2 atom stereocenters. The summed E-state index contributed by atoms with van der Waals surface area (Å²) in [5.74, 6) is 0.0485. The lowest BCUT2D eigenvalue weighted by atomic mass is 9.93. The fraction of sp³-hybridized carbons (Fsp3) is 0.478. The van der Waals surface area contributed by atoms with Crippen molar-refractivity contribution in [2.45, 2.75) is 42.0 Å². The number of hydrogen-bond acceptors (Lipinski definition) is 4. The van der Waals surface area contributed by atoms with E-state index in [1.807, 2.05) is 6.07 Å². The maximum Gasteiger partial charge on any atom is 0.124 e. The SMILES string of the molecule is CC(C)c1ccc2c(c1)[C@@H](N1CCN(CCO)CC1)Cc1ccc(F)cc1S2=O. The van der Waals surface area contributed by atoms with Gasteiger partial charge in [0.15, 0.2) is 0 Å². The predicted molar refractivity (Wildman–Crippen MR) is 113 cm³/mol. The van der Waals surface area contributed by atoms with E-state index in [0.717, 1.165) is 48.6 Å². The van der Waals surface area contributed by atoms with Crippen LogP contribution in [0, 0.1) is 5.82 Å². The molecule has 0 saturated carbocycles. The fourth-order valence-corrected chi connectivity index (χ4v) is 5.87. The third kappa shape index (κ3) is 4.17. The highest BCUT2D eigenvalue weighted by molar-refractivity contribution is 7.85. The largest absolute Gasteiger partial charge is 0.395 e. The minimum atomic E-state index is -1.38. The molecule has 0 bridgehead atoms. The Morgan fingerprint density at radius 3 is 2.55 bits per heavy atom. The molecular weight excluding hydrogens is 387 g/mol. The molecule has 0 aliphatic carbocycles. The average molecular weight is 417 g/mol. The highest BCUT2D eigenvalue weighted by Crippen LogP contribution is 2.39. The van der Waals surface area contributed by atoms with Crippen molar-refractivity contribution in [2.75, 3.05) is 39.3 Å². The lowest BCUT2D eigenvalue weighted by Crippen LogP contribution is -2.48. The molecule has 6 heteroatoms. The number of piperazine rings is 1. The topological polar surface area (TPSA) is 43.8 Å². The van der Waals surface area contributed by atoms with Gasteiger partial charge in [0.2, 0.25) is 0 Å². The third-order valence-corrected chi connectivity index (χ3v) is 7.72. The number of benzene rings is 2. The average Bonchev–Trinajstić information content (AvgIpc) is 2.84. The fourth-order valence-electron chi connectivity index (χ4n) is 4.43. The first kappa shape index (κ1) is 20.7. The number of hydrogen-bond donors (Lipinski definition) is 1. The van der Waals surface area contributed by atoms with Gasteiger partial charge in [-0.15, -0.1) is 0 Å². The first-order valence-corrected chi connectivity index (χ1v) is 11.5. The van der Waals surface area contributed by atoms with Crippen molar-refractivity contribution in [2.24, 2.45) is 0 Å². The van der Waals surface area contributed by atoms with Crippen molar-refractivity contribution in [3.63, 3.8) is 0 Å². The van der Waals surface area contributed by atoms with Gasteiger partial charge >= 0.3 is 0 Å². The van der Waals surface area contributed by atoms with Crippen molar-refractivity contribution in [3.05, 3.63) is 58.9 Å². The van der Waals surface area contributed by atoms with Crippen molar-refractivity contribution in [1.29, 1.82) is 0 Å². The van der Waals surface area contributed by atoms with Crippen molar-refractivity contribution in [3.8, 4) is 0 Å². The van der Waals surface area contributed by atoms with Crippen molar-refractivity contribution < 1.29 is 13.7 Å². The summed E-state index contributed by atoms with van der Waals surface area (Å²) < 4.78 is 27.4. The highest BCUT2D eigenvalue weighted by atomic mass is 32.2. The second-order valence-corrected chi connectivity index (χ2v) is 9.71. The number of rotatable bonds is 4. The first-order valence-electron chi connectivity index (χ1n) is 10.4. The maximum atomic E-state index is 13.9. The number of β-amino-alcohol motifs (C(OH)–C–C–N with tert-alkyl or cyclic N) is 1. The molecule has 1 saturated heterocycles. The monoisotopic (exact) mass is 416 g/mol. The summed E-state index contributed by atoms with van der Waals surface area (Å²) >= 11 is 0. The summed E-state index contributed by atoms with van der Waals surface area (Å²) in [6, 6.07) is 11.1. The normalized spacial score (nSPS) is 22.9. The summed E-state index contributed by atoms with van der Waals surface area (Å²) in [6.07, 6.45) is 0.732. The lowest BCUT2D eigenvalue weighted by molar-refractivity contribution is 0.0823. The van der Waals surface area contributed by atoms with Crippen LogP contribution in [0.3, 0.4) is 0 Å². The minimum absolute atomic E-state index is 0.121. The molecule has 2 aromatic carbocycles. The molecule has 4 nitrogen and oxygen atoms in total. The van der Waals surface area contributed by atoms with E-state index in [1.54, 1.807) is 6.07 Å². The van der Waals surface area contributed by atoms with E-state index in [4.69, 9.17) is 0 Å². The Balaban J connectivity index is 1.76. The molecule has 0 aromatic heterocycles. The zero-order valence-corrected chi connectivity index (χ0v) is 17.9. The molecule has 1 fully saturated rings. The summed E-state index contributed by atoms with van der Waals surface area (Å²) in [5, 5.41) is 9.22. The number of aliphatic hydroxyl groups is 1. The Bertz CT molecular complexity index is 910. The molecule has 1 N–H and O–H groups in total. The van der Waals surface area contributed by atoms with Gasteiger partial charge in [0.05, 0.1) is 17.4 Å². The molecule has 2 aliphatic heterocycles. The van der Waals surface area contributed by atoms with Crippen LogP contribution in [-0.2, 0) is 17.2 Å². The van der Waals surface area contributed by atoms with Crippen LogP contribution in [0.25, 0.3) is 0 Å². The number of nitrogens with zero attached hydrogens (tertiary/aromatic N) is 2. The van der Waals surface area contributed by atoms with Crippen LogP contribution in [0.1, 0.15) is 42.5 Å². The molecular formula is C23H29FN2O2S. The maximum absolute atomic E-state index is 13.9.